The maximum absolute atomic E-state index is 9.72. The minimum Gasteiger partial charge on any atom is -0.481 e. The summed E-state index contributed by atoms with van der Waals surface area (Å²) in [5.74, 6) is 1.88. The fraction of sp³-hybridized carbons (Fsp3) is 0.444. The van der Waals surface area contributed by atoms with Crippen LogP contribution in [0.25, 0.3) is 11.2 Å². The van der Waals surface area contributed by atoms with E-state index in [0.717, 1.165) is 31.2 Å². The van der Waals surface area contributed by atoms with Crippen molar-refractivity contribution in [3.8, 4) is 11.8 Å². The highest BCUT2D eigenvalue weighted by atomic mass is 16.5. The van der Waals surface area contributed by atoms with Gasteiger partial charge in [0.2, 0.25) is 17.7 Å². The molecule has 3 aromatic rings. The van der Waals surface area contributed by atoms with Crippen LogP contribution in [0.5, 0.6) is 11.8 Å². The molecule has 0 radical (unpaired) electrons. The zero-order valence-corrected chi connectivity index (χ0v) is 15.8. The second kappa shape index (κ2) is 7.85. The summed E-state index contributed by atoms with van der Waals surface area (Å²) in [6, 6.07) is 3.76. The van der Waals surface area contributed by atoms with Crippen LogP contribution >= 0.6 is 0 Å². The molecule has 0 atom stereocenters. The van der Waals surface area contributed by atoms with E-state index in [-0.39, 0.29) is 12.1 Å². The molecule has 4 N–H and O–H groups in total. The van der Waals surface area contributed by atoms with Crippen LogP contribution in [0.15, 0.2) is 18.5 Å². The zero-order chi connectivity index (χ0) is 19.5. The quantitative estimate of drug-likeness (QED) is 0.504. The summed E-state index contributed by atoms with van der Waals surface area (Å²) in [6.45, 7) is 0. The van der Waals surface area contributed by atoms with Crippen LogP contribution in [0.1, 0.15) is 25.7 Å². The lowest BCUT2D eigenvalue weighted by Gasteiger charge is -2.26. The van der Waals surface area contributed by atoms with Crippen molar-refractivity contribution >= 4 is 28.6 Å². The first-order chi connectivity index (χ1) is 13.7. The Labute approximate surface area is 161 Å². The Kier molecular flexibility index (Phi) is 5.11. The molecule has 28 heavy (non-hydrogen) atoms. The van der Waals surface area contributed by atoms with E-state index in [4.69, 9.17) is 9.47 Å². The number of nitrogens with one attached hydrogen (secondary N) is 3. The Hall–Kier alpha value is -3.14. The molecule has 10 nitrogen and oxygen atoms in total. The number of nitrogens with zero attached hydrogens (tertiary/aromatic N) is 4. The molecule has 0 unspecified atom stereocenters. The predicted molar refractivity (Wildman–Crippen MR) is 104 cm³/mol. The van der Waals surface area contributed by atoms with Gasteiger partial charge in [-0.1, -0.05) is 0 Å². The van der Waals surface area contributed by atoms with E-state index < -0.39 is 0 Å². The smallest absolute Gasteiger partial charge is 0.240 e. The van der Waals surface area contributed by atoms with Gasteiger partial charge >= 0.3 is 0 Å². The first-order valence-electron chi connectivity index (χ1n) is 9.18. The highest BCUT2D eigenvalue weighted by Gasteiger charge is 2.21. The number of fused-ring (bicyclic) bond motifs is 1. The molecule has 1 aliphatic rings. The Bertz CT molecular complexity index is 954. The number of aliphatic hydroxyl groups excluding tert-OH is 1. The van der Waals surface area contributed by atoms with Gasteiger partial charge in [0, 0.05) is 12.1 Å². The standard InChI is InChI=1S/C18H23N7O3/c1-27-13-8-7-12(17(23-13)28-2)22-18-24-15-14(19-9-20-15)16(25-18)21-10-3-5-11(26)6-4-10/h7-11,26H,3-6H2,1-2H3,(H3,19,20,21,22,24,25). The van der Waals surface area contributed by atoms with Gasteiger partial charge in [-0.25, -0.2) is 4.98 Å². The van der Waals surface area contributed by atoms with Crippen LogP contribution in [0.3, 0.4) is 0 Å². The number of ether oxygens (including phenoxy) is 2. The summed E-state index contributed by atoms with van der Waals surface area (Å²) in [5.41, 5.74) is 1.91. The number of aromatic amines is 1. The van der Waals surface area contributed by atoms with Crippen LogP contribution < -0.4 is 20.1 Å². The number of rotatable bonds is 6. The molecular formula is C18H23N7O3. The van der Waals surface area contributed by atoms with Crippen molar-refractivity contribution < 1.29 is 14.6 Å². The van der Waals surface area contributed by atoms with Crippen molar-refractivity contribution in [3.63, 3.8) is 0 Å². The Morgan fingerprint density at radius 1 is 1.07 bits per heavy atom. The lowest BCUT2D eigenvalue weighted by molar-refractivity contribution is 0.126. The number of anilines is 3. The molecule has 1 fully saturated rings. The number of aliphatic hydroxyl groups is 1. The van der Waals surface area contributed by atoms with Crippen LogP contribution in [0.4, 0.5) is 17.5 Å². The normalized spacial score (nSPS) is 19.4. The predicted octanol–water partition coefficient (Wildman–Crippen LogP) is 2.22. The number of aromatic nitrogens is 5. The minimum atomic E-state index is -0.206. The number of hydrogen-bond acceptors (Lipinski definition) is 9. The largest absolute Gasteiger partial charge is 0.481 e. The summed E-state index contributed by atoms with van der Waals surface area (Å²) in [7, 11) is 3.08. The molecule has 10 heteroatoms. The van der Waals surface area contributed by atoms with E-state index in [0.29, 0.717) is 34.9 Å². The molecule has 0 amide bonds. The van der Waals surface area contributed by atoms with Gasteiger partial charge in [-0.15, -0.1) is 0 Å². The molecule has 0 aliphatic heterocycles. The summed E-state index contributed by atoms with van der Waals surface area (Å²) in [6.07, 6.45) is 4.74. The van der Waals surface area contributed by atoms with Crippen molar-refractivity contribution in [2.45, 2.75) is 37.8 Å². The number of hydrogen-bond donors (Lipinski definition) is 4. The van der Waals surface area contributed by atoms with Crippen LogP contribution in [-0.4, -0.2) is 56.4 Å². The van der Waals surface area contributed by atoms with Gasteiger partial charge in [-0.2, -0.15) is 15.0 Å². The maximum Gasteiger partial charge on any atom is 0.240 e. The minimum absolute atomic E-state index is 0.206. The monoisotopic (exact) mass is 385 g/mol. The zero-order valence-electron chi connectivity index (χ0n) is 15.8. The van der Waals surface area contributed by atoms with Crippen molar-refractivity contribution in [2.24, 2.45) is 0 Å². The molecule has 1 aliphatic carbocycles. The molecule has 148 valence electrons. The third kappa shape index (κ3) is 3.77. The molecule has 3 aromatic heterocycles. The van der Waals surface area contributed by atoms with Gasteiger partial charge in [0.15, 0.2) is 11.5 Å². The molecule has 3 heterocycles. The molecule has 0 aromatic carbocycles. The van der Waals surface area contributed by atoms with E-state index in [1.807, 2.05) is 0 Å². The van der Waals surface area contributed by atoms with Crippen molar-refractivity contribution in [1.82, 2.24) is 24.9 Å². The van der Waals surface area contributed by atoms with E-state index in [1.54, 1.807) is 25.6 Å². The Morgan fingerprint density at radius 3 is 2.64 bits per heavy atom. The highest BCUT2D eigenvalue weighted by molar-refractivity contribution is 5.84. The lowest BCUT2D eigenvalue weighted by Crippen LogP contribution is -2.28. The van der Waals surface area contributed by atoms with Gasteiger partial charge in [-0.3, -0.25) is 0 Å². The molecule has 4 rings (SSSR count). The topological polar surface area (TPSA) is 130 Å². The average molecular weight is 385 g/mol. The summed E-state index contributed by atoms with van der Waals surface area (Å²) >= 11 is 0. The van der Waals surface area contributed by atoms with Gasteiger partial charge in [0.1, 0.15) is 11.2 Å². The van der Waals surface area contributed by atoms with E-state index >= 15 is 0 Å². The van der Waals surface area contributed by atoms with Crippen molar-refractivity contribution in [2.75, 3.05) is 24.9 Å². The number of methoxy groups -OCH3 is 2. The number of imidazole rings is 1. The van der Waals surface area contributed by atoms with Gasteiger partial charge in [0.25, 0.3) is 0 Å². The molecular weight excluding hydrogens is 362 g/mol. The summed E-state index contributed by atoms with van der Waals surface area (Å²) in [5, 5.41) is 16.3. The van der Waals surface area contributed by atoms with E-state index in [9.17, 15) is 5.11 Å². The van der Waals surface area contributed by atoms with Gasteiger partial charge in [0.05, 0.1) is 26.7 Å². The summed E-state index contributed by atoms with van der Waals surface area (Å²) in [4.78, 5) is 20.7. The number of H-pyrrole nitrogens is 1. The summed E-state index contributed by atoms with van der Waals surface area (Å²) < 4.78 is 10.5. The molecule has 1 saturated carbocycles. The number of pyridine rings is 1. The fourth-order valence-corrected chi connectivity index (χ4v) is 3.32. The van der Waals surface area contributed by atoms with Gasteiger partial charge in [-0.05, 0) is 31.7 Å². The van der Waals surface area contributed by atoms with Crippen LogP contribution in [0, 0.1) is 0 Å². The van der Waals surface area contributed by atoms with Gasteiger partial charge < -0.3 is 30.2 Å². The first-order valence-corrected chi connectivity index (χ1v) is 9.18. The Balaban J connectivity index is 1.61. The fourth-order valence-electron chi connectivity index (χ4n) is 3.32. The first kappa shape index (κ1) is 18.2. The van der Waals surface area contributed by atoms with Crippen LogP contribution in [-0.2, 0) is 0 Å². The Morgan fingerprint density at radius 2 is 1.89 bits per heavy atom. The van der Waals surface area contributed by atoms with Crippen molar-refractivity contribution in [3.05, 3.63) is 18.5 Å². The molecule has 0 saturated heterocycles. The maximum atomic E-state index is 9.72. The SMILES string of the molecule is COc1ccc(Nc2nc(NC3CCC(O)CC3)c3[nH]cnc3n2)c(OC)n1. The molecule has 0 bridgehead atoms. The lowest BCUT2D eigenvalue weighted by atomic mass is 9.93. The molecule has 0 spiro atoms. The second-order valence-corrected chi connectivity index (χ2v) is 6.68. The van der Waals surface area contributed by atoms with E-state index in [2.05, 4.69) is 35.6 Å². The third-order valence-electron chi connectivity index (χ3n) is 4.81. The van der Waals surface area contributed by atoms with Crippen molar-refractivity contribution in [1.29, 1.82) is 0 Å². The average Bonchev–Trinajstić information content (AvgIpc) is 3.19. The third-order valence-corrected chi connectivity index (χ3v) is 4.81. The van der Waals surface area contributed by atoms with E-state index in [1.165, 1.54) is 7.11 Å². The van der Waals surface area contributed by atoms with Crippen LogP contribution in [0.2, 0.25) is 0 Å². The second-order valence-electron chi connectivity index (χ2n) is 6.68. The highest BCUT2D eigenvalue weighted by Crippen LogP contribution is 2.29.